The second kappa shape index (κ2) is 14.1. The van der Waals surface area contributed by atoms with Gasteiger partial charge in [-0.05, 0) is 74.8 Å². The van der Waals surface area contributed by atoms with Crippen molar-refractivity contribution >= 4 is 35.5 Å². The molecule has 3 rings (SSSR count). The summed E-state index contributed by atoms with van der Waals surface area (Å²) in [6, 6.07) is 4.82. The molecular weight excluding hydrogens is 522 g/mol. The van der Waals surface area contributed by atoms with Crippen LogP contribution in [0.1, 0.15) is 77.2 Å². The molecule has 4 N–H and O–H groups in total. The summed E-state index contributed by atoms with van der Waals surface area (Å²) in [6.45, 7) is 3.84. The number of rotatable bonds is 14. The van der Waals surface area contributed by atoms with Crippen LogP contribution >= 0.6 is 11.6 Å². The number of carbonyl (C=O) groups excluding carboxylic acids is 2. The molecule has 1 fully saturated rings. The van der Waals surface area contributed by atoms with Crippen LogP contribution in [0.5, 0.6) is 5.75 Å². The number of phenols is 1. The number of allylic oxidation sites excluding steroid dienone is 2. The first-order valence-corrected chi connectivity index (χ1v) is 14.2. The SMILES string of the molecule is CCC/C(=C\c1ccc(O)cc1Cl)CC[C@@H](O)C1=C(C)C[C@H]2C(=O)N(CCCCCC(=O)O)C(=O)[C@H]2[C@H]1CO. The van der Waals surface area contributed by atoms with Crippen LogP contribution in [0.2, 0.25) is 5.02 Å². The summed E-state index contributed by atoms with van der Waals surface area (Å²) < 4.78 is 0. The van der Waals surface area contributed by atoms with Gasteiger partial charge in [0.2, 0.25) is 11.8 Å². The highest BCUT2D eigenvalue weighted by Crippen LogP contribution is 2.46. The number of benzene rings is 1. The molecule has 0 unspecified atom stereocenters. The molecule has 1 saturated heterocycles. The van der Waals surface area contributed by atoms with Gasteiger partial charge in [-0.2, -0.15) is 0 Å². The fourth-order valence-corrected chi connectivity index (χ4v) is 6.28. The Morgan fingerprint density at radius 2 is 1.90 bits per heavy atom. The van der Waals surface area contributed by atoms with Crippen LogP contribution in [0.3, 0.4) is 0 Å². The van der Waals surface area contributed by atoms with Gasteiger partial charge >= 0.3 is 5.97 Å². The second-order valence-corrected chi connectivity index (χ2v) is 11.1. The van der Waals surface area contributed by atoms with E-state index in [2.05, 4.69) is 6.92 Å². The third-order valence-corrected chi connectivity index (χ3v) is 8.23. The van der Waals surface area contributed by atoms with Crippen molar-refractivity contribution in [3.8, 4) is 5.75 Å². The summed E-state index contributed by atoms with van der Waals surface area (Å²) in [5, 5.41) is 40.5. The van der Waals surface area contributed by atoms with Gasteiger partial charge in [0, 0.05) is 18.9 Å². The fourth-order valence-electron chi connectivity index (χ4n) is 6.05. The van der Waals surface area contributed by atoms with Crippen LogP contribution in [0.4, 0.5) is 0 Å². The van der Waals surface area contributed by atoms with Gasteiger partial charge in [0.05, 0.1) is 29.6 Å². The molecule has 0 spiro atoms. The molecule has 214 valence electrons. The molecule has 39 heavy (non-hydrogen) atoms. The van der Waals surface area contributed by atoms with Gasteiger partial charge in [0.1, 0.15) is 5.75 Å². The Bertz CT molecular complexity index is 1130. The number of unbranched alkanes of at least 4 members (excludes halogenated alkanes) is 2. The van der Waals surface area contributed by atoms with E-state index in [1.165, 1.54) is 11.0 Å². The predicted molar refractivity (Wildman–Crippen MR) is 149 cm³/mol. The average Bonchev–Trinajstić information content (AvgIpc) is 3.11. The lowest BCUT2D eigenvalue weighted by Crippen LogP contribution is -2.39. The molecule has 8 nitrogen and oxygen atoms in total. The first kappa shape index (κ1) is 30.9. The Kier molecular flexibility index (Phi) is 11.2. The highest BCUT2D eigenvalue weighted by molar-refractivity contribution is 6.32. The van der Waals surface area contributed by atoms with Gasteiger partial charge in [-0.15, -0.1) is 0 Å². The highest BCUT2D eigenvalue weighted by Gasteiger charge is 2.54. The third kappa shape index (κ3) is 7.50. The Morgan fingerprint density at radius 3 is 2.54 bits per heavy atom. The number of fused-ring (bicyclic) bond motifs is 1. The number of aliphatic hydroxyl groups is 2. The zero-order valence-corrected chi connectivity index (χ0v) is 23.5. The number of hydrogen-bond acceptors (Lipinski definition) is 6. The smallest absolute Gasteiger partial charge is 0.303 e. The Labute approximate surface area is 235 Å². The molecule has 0 radical (unpaired) electrons. The lowest BCUT2D eigenvalue weighted by atomic mass is 9.68. The predicted octanol–water partition coefficient (Wildman–Crippen LogP) is 4.95. The minimum atomic E-state index is -0.869. The zero-order valence-electron chi connectivity index (χ0n) is 22.7. The number of aromatic hydroxyl groups is 1. The number of aliphatic carboxylic acids is 1. The molecule has 0 aromatic heterocycles. The summed E-state index contributed by atoms with van der Waals surface area (Å²) in [6.07, 6.45) is 5.87. The Hall–Kier alpha value is -2.68. The van der Waals surface area contributed by atoms with Crippen molar-refractivity contribution in [2.75, 3.05) is 13.2 Å². The minimum absolute atomic E-state index is 0.0568. The summed E-state index contributed by atoms with van der Waals surface area (Å²) >= 11 is 6.29. The quantitative estimate of drug-likeness (QED) is 0.143. The van der Waals surface area contributed by atoms with E-state index in [1.54, 1.807) is 12.1 Å². The number of aliphatic hydroxyl groups excluding tert-OH is 2. The number of likely N-dealkylation sites (tertiary alicyclic amines) is 1. The topological polar surface area (TPSA) is 135 Å². The molecule has 1 heterocycles. The fraction of sp³-hybridized carbons (Fsp3) is 0.567. The van der Waals surface area contributed by atoms with E-state index in [0.717, 1.165) is 29.6 Å². The maximum atomic E-state index is 13.3. The van der Waals surface area contributed by atoms with Crippen molar-refractivity contribution in [2.45, 2.75) is 77.7 Å². The van der Waals surface area contributed by atoms with Crippen LogP contribution in [0.15, 0.2) is 34.9 Å². The molecule has 1 aliphatic heterocycles. The van der Waals surface area contributed by atoms with Gasteiger partial charge in [-0.25, -0.2) is 0 Å². The van der Waals surface area contributed by atoms with E-state index in [-0.39, 0.29) is 37.1 Å². The normalized spacial score (nSPS) is 22.4. The number of hydrogen-bond donors (Lipinski definition) is 4. The number of carboxylic acid groups (broad SMARTS) is 1. The maximum absolute atomic E-state index is 13.3. The van der Waals surface area contributed by atoms with E-state index in [1.807, 2.05) is 13.0 Å². The van der Waals surface area contributed by atoms with Crippen molar-refractivity contribution < 1.29 is 34.8 Å². The summed E-state index contributed by atoms with van der Waals surface area (Å²) in [5.41, 5.74) is 3.38. The number of carboxylic acids is 1. The van der Waals surface area contributed by atoms with E-state index < -0.39 is 29.8 Å². The molecule has 2 amide bonds. The van der Waals surface area contributed by atoms with Gasteiger partial charge < -0.3 is 20.4 Å². The van der Waals surface area contributed by atoms with E-state index in [0.29, 0.717) is 49.1 Å². The van der Waals surface area contributed by atoms with Crippen LogP contribution in [0, 0.1) is 17.8 Å². The van der Waals surface area contributed by atoms with E-state index in [4.69, 9.17) is 16.7 Å². The Balaban J connectivity index is 1.71. The molecule has 2 aliphatic rings. The average molecular weight is 562 g/mol. The molecule has 4 atom stereocenters. The lowest BCUT2D eigenvalue weighted by Gasteiger charge is -2.35. The number of halogens is 1. The van der Waals surface area contributed by atoms with Crippen LogP contribution in [-0.2, 0) is 14.4 Å². The van der Waals surface area contributed by atoms with Crippen molar-refractivity contribution in [3.63, 3.8) is 0 Å². The third-order valence-electron chi connectivity index (χ3n) is 7.90. The minimum Gasteiger partial charge on any atom is -0.508 e. The number of imide groups is 1. The number of nitrogens with zero attached hydrogens (tertiary/aromatic N) is 1. The highest BCUT2D eigenvalue weighted by atomic mass is 35.5. The van der Waals surface area contributed by atoms with Crippen molar-refractivity contribution in [1.29, 1.82) is 0 Å². The lowest BCUT2D eigenvalue weighted by molar-refractivity contribution is -0.141. The number of phenolic OH excluding ortho intramolecular Hbond substituents is 1. The molecule has 1 aromatic carbocycles. The van der Waals surface area contributed by atoms with Gasteiger partial charge in [0.15, 0.2) is 0 Å². The van der Waals surface area contributed by atoms with Crippen LogP contribution in [0.25, 0.3) is 6.08 Å². The van der Waals surface area contributed by atoms with Crippen molar-refractivity contribution in [1.82, 2.24) is 4.90 Å². The first-order valence-electron chi connectivity index (χ1n) is 13.8. The molecule has 0 saturated carbocycles. The van der Waals surface area contributed by atoms with Crippen molar-refractivity contribution in [2.24, 2.45) is 17.8 Å². The van der Waals surface area contributed by atoms with Crippen molar-refractivity contribution in [3.05, 3.63) is 45.5 Å². The van der Waals surface area contributed by atoms with E-state index >= 15 is 0 Å². The summed E-state index contributed by atoms with van der Waals surface area (Å²) in [7, 11) is 0. The molecule has 1 aromatic rings. The van der Waals surface area contributed by atoms with E-state index in [9.17, 15) is 29.7 Å². The van der Waals surface area contributed by atoms with Gasteiger partial charge in [-0.3, -0.25) is 19.3 Å². The monoisotopic (exact) mass is 561 g/mol. The standard InChI is InChI=1S/C30H40ClNO7/c1-3-7-19(15-20-10-11-21(34)16-24(20)31)9-12-25(35)27-18(2)14-22-28(23(27)17-33)30(39)32(29(22)38)13-6-4-5-8-26(36)37/h10-11,15-16,22-23,25,28,33-35H,3-9,12-14,17H2,1-2H3,(H,36,37)/b19-15+/t22-,23+,25-,28-/m1/s1. The number of carbonyl (C=O) groups is 3. The van der Waals surface area contributed by atoms with Crippen LogP contribution < -0.4 is 0 Å². The Morgan fingerprint density at radius 1 is 1.15 bits per heavy atom. The van der Waals surface area contributed by atoms with Gasteiger partial charge in [-0.1, -0.05) is 48.6 Å². The summed E-state index contributed by atoms with van der Waals surface area (Å²) in [4.78, 5) is 38.4. The molecule has 1 aliphatic carbocycles. The molecule has 9 heteroatoms. The first-order chi connectivity index (χ1) is 18.6. The largest absolute Gasteiger partial charge is 0.508 e. The molecular formula is C30H40ClNO7. The number of amides is 2. The zero-order chi connectivity index (χ0) is 28.7. The summed E-state index contributed by atoms with van der Waals surface area (Å²) in [5.74, 6) is -3.20. The maximum Gasteiger partial charge on any atom is 0.303 e. The molecule has 0 bridgehead atoms. The van der Waals surface area contributed by atoms with Crippen LogP contribution in [-0.4, -0.2) is 62.4 Å². The van der Waals surface area contributed by atoms with Gasteiger partial charge in [0.25, 0.3) is 0 Å². The second-order valence-electron chi connectivity index (χ2n) is 10.7.